The molecular formula is C23H30N4O11S. The molecule has 1 rings (SSSR count). The van der Waals surface area contributed by atoms with Crippen molar-refractivity contribution in [3.63, 3.8) is 0 Å². The summed E-state index contributed by atoms with van der Waals surface area (Å²) in [5.41, 5.74) is 0.715. The normalized spacial score (nSPS) is 12.5. The molecule has 0 saturated heterocycles. The highest BCUT2D eigenvalue weighted by molar-refractivity contribution is 7.93. The number of rotatable bonds is 16. The third-order valence-corrected chi connectivity index (χ3v) is 5.28. The Morgan fingerprint density at radius 1 is 0.923 bits per heavy atom. The molecule has 214 valence electrons. The first-order valence-electron chi connectivity index (χ1n) is 11.4. The highest BCUT2D eigenvalue weighted by Gasteiger charge is 2.23. The molecule has 0 bridgehead atoms. The second-order valence-corrected chi connectivity index (χ2v) is 10.0. The summed E-state index contributed by atoms with van der Waals surface area (Å²) in [5, 5.41) is 27.5. The molecule has 15 nitrogen and oxygen atoms in total. The van der Waals surface area contributed by atoms with Gasteiger partial charge in [0, 0.05) is 18.1 Å². The minimum Gasteiger partial charge on any atom is -0.481 e. The van der Waals surface area contributed by atoms with Crippen LogP contribution in [0.4, 0.5) is 4.79 Å². The van der Waals surface area contributed by atoms with Crippen LogP contribution in [0.3, 0.4) is 0 Å². The Morgan fingerprint density at radius 2 is 1.54 bits per heavy atom. The molecule has 2 atom stereocenters. The number of alkyl carbamates (subject to hydrolysis) is 1. The molecule has 39 heavy (non-hydrogen) atoms. The van der Waals surface area contributed by atoms with Gasteiger partial charge in [0.05, 0.1) is 19.0 Å². The summed E-state index contributed by atoms with van der Waals surface area (Å²) in [6, 6.07) is 6.16. The number of aliphatic carboxylic acids is 2. The van der Waals surface area contributed by atoms with Crippen LogP contribution in [0.5, 0.6) is 0 Å². The molecule has 1 aromatic rings. The molecule has 0 radical (unpaired) electrons. The number of carbonyl (C=O) groups excluding carboxylic acids is 4. The van der Waals surface area contributed by atoms with Crippen LogP contribution in [0.25, 0.3) is 0 Å². The summed E-state index contributed by atoms with van der Waals surface area (Å²) >= 11 is 0. The summed E-state index contributed by atoms with van der Waals surface area (Å²) in [6.07, 6.45) is -0.545. The Morgan fingerprint density at radius 3 is 2.13 bits per heavy atom. The van der Waals surface area contributed by atoms with Gasteiger partial charge in [0.15, 0.2) is 9.84 Å². The number of amides is 4. The van der Waals surface area contributed by atoms with Crippen molar-refractivity contribution in [2.24, 2.45) is 0 Å². The third kappa shape index (κ3) is 16.1. The monoisotopic (exact) mass is 570 g/mol. The predicted octanol–water partition coefficient (Wildman–Crippen LogP) is -1.10. The van der Waals surface area contributed by atoms with Crippen LogP contribution in [0.1, 0.15) is 24.8 Å². The topological polar surface area (TPSA) is 234 Å². The van der Waals surface area contributed by atoms with Crippen molar-refractivity contribution in [1.29, 1.82) is 0 Å². The van der Waals surface area contributed by atoms with Gasteiger partial charge in [-0.1, -0.05) is 36.4 Å². The molecule has 6 N–H and O–H groups in total. The van der Waals surface area contributed by atoms with Gasteiger partial charge in [-0.05, 0) is 12.0 Å². The molecule has 1 aromatic carbocycles. The summed E-state index contributed by atoms with van der Waals surface area (Å²) in [5.74, 6) is -5.21. The van der Waals surface area contributed by atoms with E-state index in [4.69, 9.17) is 14.9 Å². The van der Waals surface area contributed by atoms with Crippen molar-refractivity contribution >= 4 is 45.6 Å². The molecule has 4 amide bonds. The Hall–Kier alpha value is -4.47. The van der Waals surface area contributed by atoms with Crippen LogP contribution >= 0.6 is 0 Å². The maximum absolute atomic E-state index is 12.5. The average Bonchev–Trinajstić information content (AvgIpc) is 2.85. The first-order chi connectivity index (χ1) is 18.2. The predicted molar refractivity (Wildman–Crippen MR) is 135 cm³/mol. The molecule has 16 heteroatoms. The van der Waals surface area contributed by atoms with Crippen LogP contribution in [0.15, 0.2) is 41.8 Å². The van der Waals surface area contributed by atoms with E-state index in [9.17, 15) is 37.2 Å². The van der Waals surface area contributed by atoms with E-state index in [1.165, 1.54) is 0 Å². The van der Waals surface area contributed by atoms with Crippen molar-refractivity contribution < 1.29 is 52.1 Å². The van der Waals surface area contributed by atoms with Crippen LogP contribution in [0.2, 0.25) is 0 Å². The molecule has 0 aliphatic heterocycles. The van der Waals surface area contributed by atoms with Crippen LogP contribution in [0, 0.1) is 0 Å². The Balaban J connectivity index is 2.63. The number of hydrogen-bond acceptors (Lipinski definition) is 9. The van der Waals surface area contributed by atoms with E-state index in [1.807, 2.05) is 0 Å². The van der Waals surface area contributed by atoms with Gasteiger partial charge in [-0.3, -0.25) is 24.0 Å². The minimum absolute atomic E-state index is 0.0443. The molecule has 0 heterocycles. The van der Waals surface area contributed by atoms with Gasteiger partial charge in [0.1, 0.15) is 19.2 Å². The molecule has 0 aliphatic rings. The van der Waals surface area contributed by atoms with Gasteiger partial charge in [-0.25, -0.2) is 13.2 Å². The molecule has 0 aromatic heterocycles. The van der Waals surface area contributed by atoms with Crippen molar-refractivity contribution in [2.45, 2.75) is 38.0 Å². The average molecular weight is 571 g/mol. The van der Waals surface area contributed by atoms with Crippen molar-refractivity contribution in [3.05, 3.63) is 47.4 Å². The first kappa shape index (κ1) is 32.6. The Labute approximate surface area is 223 Å². The van der Waals surface area contributed by atoms with E-state index in [2.05, 4.69) is 21.3 Å². The second kappa shape index (κ2) is 16.4. The van der Waals surface area contributed by atoms with E-state index in [1.54, 1.807) is 30.3 Å². The molecular weight excluding hydrogens is 540 g/mol. The van der Waals surface area contributed by atoms with Gasteiger partial charge >= 0.3 is 18.0 Å². The second-order valence-electron chi connectivity index (χ2n) is 8.12. The van der Waals surface area contributed by atoms with Crippen molar-refractivity contribution in [1.82, 2.24) is 21.3 Å². The zero-order chi connectivity index (χ0) is 29.4. The summed E-state index contributed by atoms with van der Waals surface area (Å²) in [6.45, 7) is -1.32. The number of nitrogens with one attached hydrogen (secondary N) is 4. The standard InChI is InChI=1S/C23H30N4O11S/c1-39(36,37)10-9-16(11-21(32)33)26-18(28)12-24-22(34)17(7-8-20(30)31)27-19(29)13-25-23(35)38-14-15-5-3-2-4-6-15/h2-6,9-10,16-17H,7-8,11-14H2,1H3,(H,24,34)(H,25,35)(H,26,28)(H,27,29)(H,30,31)(H,32,33)/b10-9+/t16-,17+/m1/s1. The van der Waals surface area contributed by atoms with Crippen molar-refractivity contribution in [3.8, 4) is 0 Å². The summed E-state index contributed by atoms with van der Waals surface area (Å²) in [4.78, 5) is 70.6. The smallest absolute Gasteiger partial charge is 0.407 e. The Kier molecular flexibility index (Phi) is 13.7. The maximum Gasteiger partial charge on any atom is 0.407 e. The van der Waals surface area contributed by atoms with Gasteiger partial charge in [-0.2, -0.15) is 0 Å². The summed E-state index contributed by atoms with van der Waals surface area (Å²) in [7, 11) is -3.60. The molecule has 0 fully saturated rings. The van der Waals surface area contributed by atoms with Crippen molar-refractivity contribution in [2.75, 3.05) is 19.3 Å². The molecule has 0 saturated carbocycles. The first-order valence-corrected chi connectivity index (χ1v) is 13.3. The lowest BCUT2D eigenvalue weighted by Gasteiger charge is -2.19. The van der Waals surface area contributed by atoms with Gasteiger partial charge in [0.2, 0.25) is 17.7 Å². The number of hydrogen-bond donors (Lipinski definition) is 6. The molecule has 0 spiro atoms. The molecule has 0 unspecified atom stereocenters. The largest absolute Gasteiger partial charge is 0.481 e. The van der Waals surface area contributed by atoms with E-state index in [0.29, 0.717) is 5.56 Å². The Bertz CT molecular complexity index is 1170. The van der Waals surface area contributed by atoms with Gasteiger partial charge < -0.3 is 36.2 Å². The zero-order valence-electron chi connectivity index (χ0n) is 20.9. The number of benzene rings is 1. The van der Waals surface area contributed by atoms with E-state index in [-0.39, 0.29) is 13.0 Å². The number of carboxylic acids is 2. The summed E-state index contributed by atoms with van der Waals surface area (Å²) < 4.78 is 27.5. The van der Waals surface area contributed by atoms with Crippen LogP contribution in [-0.4, -0.2) is 85.8 Å². The lowest BCUT2D eigenvalue weighted by atomic mass is 10.1. The highest BCUT2D eigenvalue weighted by Crippen LogP contribution is 2.01. The third-order valence-electron chi connectivity index (χ3n) is 4.63. The van der Waals surface area contributed by atoms with Gasteiger partial charge in [0.25, 0.3) is 0 Å². The number of carboxylic acid groups (broad SMARTS) is 2. The van der Waals surface area contributed by atoms with Crippen LogP contribution in [-0.2, 0) is 45.2 Å². The fourth-order valence-electron chi connectivity index (χ4n) is 2.85. The number of sulfone groups is 1. The molecule has 0 aliphatic carbocycles. The van der Waals surface area contributed by atoms with E-state index in [0.717, 1.165) is 17.7 Å². The minimum atomic E-state index is -3.60. The SMILES string of the molecule is CS(=O)(=O)/C=C/[C@H](CC(=O)O)NC(=O)CNC(=O)[C@H](CCC(=O)O)NC(=O)CNC(=O)OCc1ccccc1. The van der Waals surface area contributed by atoms with E-state index < -0.39 is 83.6 Å². The zero-order valence-corrected chi connectivity index (χ0v) is 21.7. The maximum atomic E-state index is 12.5. The van der Waals surface area contributed by atoms with Crippen LogP contribution < -0.4 is 21.3 Å². The fourth-order valence-corrected chi connectivity index (χ4v) is 3.32. The quantitative estimate of drug-likeness (QED) is 0.139. The van der Waals surface area contributed by atoms with Gasteiger partial charge in [-0.15, -0.1) is 0 Å². The lowest BCUT2D eigenvalue weighted by Crippen LogP contribution is -2.51. The number of carbonyl (C=O) groups is 6. The van der Waals surface area contributed by atoms with E-state index >= 15 is 0 Å². The lowest BCUT2D eigenvalue weighted by molar-refractivity contribution is -0.139. The fraction of sp³-hybridized carbons (Fsp3) is 0.391. The highest BCUT2D eigenvalue weighted by atomic mass is 32.2. The number of ether oxygens (including phenoxy) is 1.